The topological polar surface area (TPSA) is 49.4 Å². The first-order valence-corrected chi connectivity index (χ1v) is 9.27. The molecule has 3 rings (SSSR count). The Morgan fingerprint density at radius 1 is 1.12 bits per heavy atom. The van der Waals surface area contributed by atoms with Crippen LogP contribution in [0.25, 0.3) is 0 Å². The van der Waals surface area contributed by atoms with Crippen molar-refractivity contribution in [1.29, 1.82) is 0 Å². The lowest BCUT2D eigenvalue weighted by Gasteiger charge is -2.17. The van der Waals surface area contributed by atoms with E-state index >= 15 is 0 Å². The molecule has 0 bridgehead atoms. The number of carbonyl (C=O) groups is 2. The molecule has 0 saturated carbocycles. The summed E-state index contributed by atoms with van der Waals surface area (Å²) in [6.07, 6.45) is 0.177. The molecule has 0 aromatic heterocycles. The number of hydrogen-bond acceptors (Lipinski definition) is 2. The summed E-state index contributed by atoms with van der Waals surface area (Å²) in [7, 11) is 0. The lowest BCUT2D eigenvalue weighted by molar-refractivity contribution is -0.122. The van der Waals surface area contributed by atoms with E-state index in [1.807, 2.05) is 24.3 Å². The number of hydrogen-bond donors (Lipinski definition) is 1. The van der Waals surface area contributed by atoms with Crippen LogP contribution in [-0.4, -0.2) is 18.4 Å². The fraction of sp³-hybridized carbons (Fsp3) is 0.300. The second kappa shape index (κ2) is 7.68. The summed E-state index contributed by atoms with van der Waals surface area (Å²) in [5, 5.41) is 3.71. The van der Waals surface area contributed by atoms with Gasteiger partial charge in [-0.15, -0.1) is 0 Å². The van der Waals surface area contributed by atoms with Crippen LogP contribution in [0.1, 0.15) is 31.7 Å². The van der Waals surface area contributed by atoms with Crippen LogP contribution in [0.15, 0.2) is 42.5 Å². The van der Waals surface area contributed by atoms with E-state index in [0.29, 0.717) is 28.2 Å². The van der Waals surface area contributed by atoms with E-state index in [9.17, 15) is 9.59 Å². The van der Waals surface area contributed by atoms with Crippen LogP contribution in [0, 0.1) is 5.92 Å². The zero-order valence-corrected chi connectivity index (χ0v) is 16.1. The van der Waals surface area contributed by atoms with Crippen molar-refractivity contribution in [2.75, 3.05) is 16.8 Å². The van der Waals surface area contributed by atoms with E-state index in [-0.39, 0.29) is 18.2 Å². The highest BCUT2D eigenvalue weighted by Crippen LogP contribution is 2.31. The van der Waals surface area contributed by atoms with Crippen molar-refractivity contribution in [3.8, 4) is 0 Å². The average molecular weight is 391 g/mol. The average Bonchev–Trinajstić information content (AvgIpc) is 3.00. The molecule has 1 unspecified atom stereocenters. The second-order valence-corrected chi connectivity index (χ2v) is 7.58. The third-order valence-electron chi connectivity index (χ3n) is 4.56. The third kappa shape index (κ3) is 4.02. The predicted octanol–water partition coefficient (Wildman–Crippen LogP) is 5.11. The number of halogens is 2. The Kier molecular flexibility index (Phi) is 5.54. The van der Waals surface area contributed by atoms with Gasteiger partial charge in [0, 0.05) is 24.3 Å². The highest BCUT2D eigenvalue weighted by atomic mass is 35.5. The third-order valence-corrected chi connectivity index (χ3v) is 5.29. The van der Waals surface area contributed by atoms with Crippen LogP contribution < -0.4 is 10.2 Å². The van der Waals surface area contributed by atoms with E-state index in [4.69, 9.17) is 23.2 Å². The van der Waals surface area contributed by atoms with Crippen LogP contribution in [0.5, 0.6) is 0 Å². The van der Waals surface area contributed by atoms with Gasteiger partial charge < -0.3 is 10.2 Å². The van der Waals surface area contributed by atoms with Gasteiger partial charge in [-0.05, 0) is 41.8 Å². The van der Waals surface area contributed by atoms with Crippen molar-refractivity contribution in [2.24, 2.45) is 5.92 Å². The molecule has 0 spiro atoms. The van der Waals surface area contributed by atoms with Crippen LogP contribution in [-0.2, 0) is 9.59 Å². The number of nitrogens with one attached hydrogen (secondary N) is 1. The minimum absolute atomic E-state index is 0.0984. The van der Waals surface area contributed by atoms with Crippen LogP contribution in [0.4, 0.5) is 11.4 Å². The Balaban J connectivity index is 1.67. The molecule has 1 N–H and O–H groups in total. The zero-order chi connectivity index (χ0) is 18.8. The second-order valence-electron chi connectivity index (χ2n) is 6.77. The van der Waals surface area contributed by atoms with Gasteiger partial charge in [-0.2, -0.15) is 0 Å². The van der Waals surface area contributed by atoms with Crippen molar-refractivity contribution in [3.05, 3.63) is 58.1 Å². The summed E-state index contributed by atoms with van der Waals surface area (Å²) >= 11 is 12.0. The molecule has 2 aromatic rings. The molecule has 1 heterocycles. The maximum Gasteiger partial charge on any atom is 0.229 e. The minimum atomic E-state index is -0.401. The molecule has 1 aliphatic rings. The van der Waals surface area contributed by atoms with E-state index in [2.05, 4.69) is 19.2 Å². The number of carbonyl (C=O) groups excluding carboxylic acids is 2. The first-order valence-electron chi connectivity index (χ1n) is 8.51. The van der Waals surface area contributed by atoms with Crippen LogP contribution in [0.3, 0.4) is 0 Å². The normalized spacial score (nSPS) is 17.0. The number of anilines is 2. The summed E-state index contributed by atoms with van der Waals surface area (Å²) in [6, 6.07) is 12.8. The molecule has 2 aromatic carbocycles. The molecule has 1 atom stereocenters. The molecule has 0 aliphatic carbocycles. The first kappa shape index (κ1) is 18.7. The van der Waals surface area contributed by atoms with E-state index in [1.165, 1.54) is 5.56 Å². The molecule has 6 heteroatoms. The summed E-state index contributed by atoms with van der Waals surface area (Å²) in [4.78, 5) is 26.4. The van der Waals surface area contributed by atoms with Gasteiger partial charge in [0.25, 0.3) is 0 Å². The van der Waals surface area contributed by atoms with Crippen molar-refractivity contribution in [2.45, 2.75) is 26.2 Å². The summed E-state index contributed by atoms with van der Waals surface area (Å²) in [5.41, 5.74) is 2.60. The number of benzene rings is 2. The molecular formula is C20H20Cl2N2O2. The van der Waals surface area contributed by atoms with Crippen LogP contribution in [0.2, 0.25) is 10.0 Å². The van der Waals surface area contributed by atoms with Crippen molar-refractivity contribution >= 4 is 46.4 Å². The van der Waals surface area contributed by atoms with Gasteiger partial charge in [-0.3, -0.25) is 9.59 Å². The van der Waals surface area contributed by atoms with Crippen molar-refractivity contribution in [3.63, 3.8) is 0 Å². The van der Waals surface area contributed by atoms with Gasteiger partial charge in [-0.1, -0.05) is 49.2 Å². The fourth-order valence-electron chi connectivity index (χ4n) is 2.98. The molecule has 136 valence electrons. The quantitative estimate of drug-likeness (QED) is 0.788. The molecule has 26 heavy (non-hydrogen) atoms. The summed E-state index contributed by atoms with van der Waals surface area (Å²) in [5.74, 6) is -0.217. The Labute approximate surface area is 163 Å². The Morgan fingerprint density at radius 3 is 2.42 bits per heavy atom. The van der Waals surface area contributed by atoms with E-state index < -0.39 is 5.92 Å². The molecule has 1 saturated heterocycles. The first-order chi connectivity index (χ1) is 12.3. The van der Waals surface area contributed by atoms with Crippen molar-refractivity contribution in [1.82, 2.24) is 0 Å². The van der Waals surface area contributed by atoms with E-state index in [1.54, 1.807) is 23.1 Å². The van der Waals surface area contributed by atoms with Gasteiger partial charge in [0.1, 0.15) is 0 Å². The highest BCUT2D eigenvalue weighted by Gasteiger charge is 2.35. The van der Waals surface area contributed by atoms with Crippen molar-refractivity contribution < 1.29 is 9.59 Å². The summed E-state index contributed by atoms with van der Waals surface area (Å²) in [6.45, 7) is 4.57. The Bertz CT molecular complexity index is 834. The molecule has 1 aliphatic heterocycles. The monoisotopic (exact) mass is 390 g/mol. The van der Waals surface area contributed by atoms with Gasteiger partial charge in [-0.25, -0.2) is 0 Å². The maximum atomic E-state index is 12.5. The Hall–Kier alpha value is -2.04. The number of rotatable bonds is 4. The molecular weight excluding hydrogens is 371 g/mol. The Morgan fingerprint density at radius 2 is 1.81 bits per heavy atom. The minimum Gasteiger partial charge on any atom is -0.326 e. The lowest BCUT2D eigenvalue weighted by atomic mass is 10.0. The molecule has 2 amide bonds. The lowest BCUT2D eigenvalue weighted by Crippen LogP contribution is -2.28. The van der Waals surface area contributed by atoms with Crippen LogP contribution >= 0.6 is 23.2 Å². The SMILES string of the molecule is CC(C)c1ccc(NC(=O)C2CC(=O)N(c3ccc(Cl)c(Cl)c3)C2)cc1. The molecule has 4 nitrogen and oxygen atoms in total. The number of nitrogens with zero attached hydrogens (tertiary/aromatic N) is 1. The number of amides is 2. The van der Waals surface area contributed by atoms with Gasteiger partial charge in [0.2, 0.25) is 11.8 Å². The largest absolute Gasteiger partial charge is 0.326 e. The standard InChI is InChI=1S/C20H20Cl2N2O2/c1-12(2)13-3-5-15(6-4-13)23-20(26)14-9-19(25)24(11-14)16-7-8-17(21)18(22)10-16/h3-8,10,12,14H,9,11H2,1-2H3,(H,23,26). The zero-order valence-electron chi connectivity index (χ0n) is 14.6. The molecule has 1 fully saturated rings. The molecule has 0 radical (unpaired) electrons. The van der Waals surface area contributed by atoms with Gasteiger partial charge >= 0.3 is 0 Å². The fourth-order valence-corrected chi connectivity index (χ4v) is 3.27. The highest BCUT2D eigenvalue weighted by molar-refractivity contribution is 6.42. The predicted molar refractivity (Wildman–Crippen MR) is 106 cm³/mol. The maximum absolute atomic E-state index is 12.5. The summed E-state index contributed by atoms with van der Waals surface area (Å²) < 4.78 is 0. The van der Waals surface area contributed by atoms with Gasteiger partial charge in [0.15, 0.2) is 0 Å². The van der Waals surface area contributed by atoms with E-state index in [0.717, 1.165) is 5.69 Å². The van der Waals surface area contributed by atoms with Gasteiger partial charge in [0.05, 0.1) is 16.0 Å². The smallest absolute Gasteiger partial charge is 0.229 e.